The molecule has 28 heavy (non-hydrogen) atoms. The first-order valence-corrected chi connectivity index (χ1v) is 10.7. The van der Waals surface area contributed by atoms with Gasteiger partial charge in [0.15, 0.2) is 6.61 Å². The summed E-state index contributed by atoms with van der Waals surface area (Å²) in [6.45, 7) is 0.195. The third-order valence-corrected chi connectivity index (χ3v) is 6.98. The summed E-state index contributed by atoms with van der Waals surface area (Å²) in [4.78, 5) is 35.2. The van der Waals surface area contributed by atoms with Crippen molar-refractivity contribution in [2.75, 3.05) is 10.9 Å². The highest BCUT2D eigenvalue weighted by molar-refractivity contribution is 14.1. The number of hydrogen-bond donors (Lipinski definition) is 1. The molecule has 11 heteroatoms. The second kappa shape index (κ2) is 8.99. The molecule has 0 saturated heterocycles. The first kappa shape index (κ1) is 22.3. The molecule has 0 saturated carbocycles. The van der Waals surface area contributed by atoms with Gasteiger partial charge in [-0.1, -0.05) is 6.08 Å². The second-order valence-electron chi connectivity index (χ2n) is 5.96. The number of amides is 1. The number of carbonyl (C=O) groups excluding carboxylic acids is 2. The highest BCUT2D eigenvalue weighted by Crippen LogP contribution is 2.33. The number of aliphatic carboxylic acids is 1. The molecule has 0 fully saturated rings. The summed E-state index contributed by atoms with van der Waals surface area (Å²) in [7, 11) is -4.54. The predicted octanol–water partition coefficient (Wildman–Crippen LogP) is 2.22. The monoisotopic (exact) mass is 525 g/mol. The lowest BCUT2D eigenvalue weighted by Crippen LogP contribution is -2.47. The van der Waals surface area contributed by atoms with Crippen molar-refractivity contribution in [2.45, 2.75) is 31.4 Å². The summed E-state index contributed by atoms with van der Waals surface area (Å²) < 4.78 is 45.2. The van der Waals surface area contributed by atoms with Crippen LogP contribution >= 0.6 is 22.6 Å². The number of allylic oxidation sites excluding steroid dienone is 1. The molecule has 152 valence electrons. The van der Waals surface area contributed by atoms with E-state index < -0.39 is 45.5 Å². The molecule has 0 aromatic heterocycles. The van der Waals surface area contributed by atoms with Crippen LogP contribution < -0.4 is 4.31 Å². The Morgan fingerprint density at radius 3 is 2.61 bits per heavy atom. The number of esters is 1. The van der Waals surface area contributed by atoms with Crippen LogP contribution in [0, 0.1) is 9.39 Å². The van der Waals surface area contributed by atoms with E-state index in [0.717, 1.165) is 25.1 Å². The van der Waals surface area contributed by atoms with E-state index >= 15 is 0 Å². The maximum absolute atomic E-state index is 13.5. The van der Waals surface area contributed by atoms with Crippen molar-refractivity contribution in [3.05, 3.63) is 39.2 Å². The number of halogens is 2. The lowest BCUT2D eigenvalue weighted by atomic mass is 9.99. The minimum Gasteiger partial charge on any atom is -0.478 e. The SMILES string of the molecule is CC(=O)OCC(=O)N(c1ccc(F)cc1I)S(=O)(=O)C1CCCC=C1C(=O)O. The van der Waals surface area contributed by atoms with Gasteiger partial charge in [0.2, 0.25) is 10.0 Å². The number of hydrogen-bond acceptors (Lipinski definition) is 6. The zero-order chi connectivity index (χ0) is 21.1. The van der Waals surface area contributed by atoms with E-state index in [1.54, 1.807) is 22.6 Å². The number of ether oxygens (including phenoxy) is 1. The Kier molecular flexibility index (Phi) is 7.15. The van der Waals surface area contributed by atoms with Gasteiger partial charge in [0.25, 0.3) is 5.91 Å². The molecule has 1 amide bonds. The Labute approximate surface area is 174 Å². The van der Waals surface area contributed by atoms with Crippen molar-refractivity contribution >= 4 is 56.1 Å². The highest BCUT2D eigenvalue weighted by atomic mass is 127. The number of carboxylic acid groups (broad SMARTS) is 1. The predicted molar refractivity (Wildman–Crippen MR) is 106 cm³/mol. The topological polar surface area (TPSA) is 118 Å². The van der Waals surface area contributed by atoms with Crippen LogP contribution in [0.5, 0.6) is 0 Å². The van der Waals surface area contributed by atoms with Crippen LogP contribution in [-0.4, -0.2) is 43.2 Å². The molecule has 1 aromatic carbocycles. The number of sulfonamides is 1. The Morgan fingerprint density at radius 2 is 2.04 bits per heavy atom. The maximum atomic E-state index is 13.5. The Hall–Kier alpha value is -2.02. The zero-order valence-electron chi connectivity index (χ0n) is 14.7. The fourth-order valence-corrected chi connectivity index (χ4v) is 5.68. The van der Waals surface area contributed by atoms with E-state index in [0.29, 0.717) is 17.1 Å². The Bertz CT molecular complexity index is 945. The van der Waals surface area contributed by atoms with Crippen LogP contribution in [-0.2, 0) is 29.1 Å². The Morgan fingerprint density at radius 1 is 1.36 bits per heavy atom. The van der Waals surface area contributed by atoms with Crippen molar-refractivity contribution in [3.8, 4) is 0 Å². The molecule has 0 aliphatic heterocycles. The van der Waals surface area contributed by atoms with Crippen LogP contribution in [0.15, 0.2) is 29.8 Å². The summed E-state index contributed by atoms with van der Waals surface area (Å²) in [5, 5.41) is 7.92. The van der Waals surface area contributed by atoms with Gasteiger partial charge in [0.1, 0.15) is 11.1 Å². The average Bonchev–Trinajstić information content (AvgIpc) is 2.62. The molecule has 1 atom stereocenters. The van der Waals surface area contributed by atoms with Crippen LogP contribution in [0.3, 0.4) is 0 Å². The van der Waals surface area contributed by atoms with E-state index in [1.807, 2.05) is 0 Å². The Balaban J connectivity index is 2.58. The number of carbonyl (C=O) groups is 3. The van der Waals surface area contributed by atoms with Crippen LogP contribution in [0.25, 0.3) is 0 Å². The van der Waals surface area contributed by atoms with Crippen LogP contribution in [0.2, 0.25) is 0 Å². The zero-order valence-corrected chi connectivity index (χ0v) is 17.7. The molecule has 0 spiro atoms. The molecule has 1 N–H and O–H groups in total. The first-order chi connectivity index (χ1) is 13.1. The number of benzene rings is 1. The van der Waals surface area contributed by atoms with Gasteiger partial charge in [-0.3, -0.25) is 9.59 Å². The summed E-state index contributed by atoms with van der Waals surface area (Å²) in [5.41, 5.74) is -0.469. The molecule has 1 aliphatic rings. The molecule has 1 unspecified atom stereocenters. The third kappa shape index (κ3) is 4.87. The van der Waals surface area contributed by atoms with Gasteiger partial charge < -0.3 is 9.84 Å². The smallest absolute Gasteiger partial charge is 0.332 e. The van der Waals surface area contributed by atoms with E-state index in [1.165, 1.54) is 6.08 Å². The van der Waals surface area contributed by atoms with Crippen molar-refractivity contribution in [1.29, 1.82) is 0 Å². The minimum atomic E-state index is -4.54. The van der Waals surface area contributed by atoms with Crippen LogP contribution in [0.1, 0.15) is 26.2 Å². The van der Waals surface area contributed by atoms with Crippen molar-refractivity contribution < 1.29 is 37.0 Å². The number of rotatable bonds is 6. The van der Waals surface area contributed by atoms with Crippen LogP contribution in [0.4, 0.5) is 10.1 Å². The fraction of sp³-hybridized carbons (Fsp3) is 0.353. The van der Waals surface area contributed by atoms with E-state index in [2.05, 4.69) is 4.74 Å². The minimum absolute atomic E-state index is 0.00951. The summed E-state index contributed by atoms with van der Waals surface area (Å²) >= 11 is 1.67. The van der Waals surface area contributed by atoms with E-state index in [4.69, 9.17) is 0 Å². The average molecular weight is 525 g/mol. The van der Waals surface area contributed by atoms with Gasteiger partial charge in [0.05, 0.1) is 11.3 Å². The molecule has 0 bridgehead atoms. The summed E-state index contributed by atoms with van der Waals surface area (Å²) in [6.07, 6.45) is 2.16. The van der Waals surface area contributed by atoms with Crippen molar-refractivity contribution in [1.82, 2.24) is 0 Å². The molecular formula is C17H17FINO7S. The van der Waals surface area contributed by atoms with Gasteiger partial charge >= 0.3 is 11.9 Å². The normalized spacial score (nSPS) is 16.8. The van der Waals surface area contributed by atoms with Crippen molar-refractivity contribution in [2.24, 2.45) is 0 Å². The van der Waals surface area contributed by atoms with E-state index in [-0.39, 0.29) is 21.3 Å². The maximum Gasteiger partial charge on any atom is 0.332 e. The number of nitrogens with zero attached hydrogens (tertiary/aromatic N) is 1. The molecule has 0 heterocycles. The lowest BCUT2D eigenvalue weighted by molar-refractivity contribution is -0.145. The highest BCUT2D eigenvalue weighted by Gasteiger charge is 2.42. The number of carboxylic acids is 1. The summed E-state index contributed by atoms with van der Waals surface area (Å²) in [6, 6.07) is 3.12. The van der Waals surface area contributed by atoms with Gasteiger partial charge in [-0.2, -0.15) is 0 Å². The third-order valence-electron chi connectivity index (χ3n) is 4.00. The molecule has 0 radical (unpaired) electrons. The molecular weight excluding hydrogens is 508 g/mol. The van der Waals surface area contributed by atoms with Gasteiger partial charge in [0, 0.05) is 10.5 Å². The number of anilines is 1. The molecule has 1 aliphatic carbocycles. The van der Waals surface area contributed by atoms with Gasteiger partial charge in [-0.05, 0) is 60.1 Å². The van der Waals surface area contributed by atoms with Crippen molar-refractivity contribution in [3.63, 3.8) is 0 Å². The van der Waals surface area contributed by atoms with E-state index in [9.17, 15) is 32.3 Å². The first-order valence-electron chi connectivity index (χ1n) is 8.14. The van der Waals surface area contributed by atoms with Gasteiger partial charge in [-0.25, -0.2) is 21.9 Å². The fourth-order valence-electron chi connectivity index (χ4n) is 2.79. The quantitative estimate of drug-likeness (QED) is 0.447. The molecule has 2 rings (SSSR count). The van der Waals surface area contributed by atoms with Gasteiger partial charge in [-0.15, -0.1) is 0 Å². The summed E-state index contributed by atoms with van der Waals surface area (Å²) in [5.74, 6) is -3.91. The lowest BCUT2D eigenvalue weighted by Gasteiger charge is -2.30. The second-order valence-corrected chi connectivity index (χ2v) is 9.09. The standard InChI is InChI=1S/C17H17FINO7S/c1-10(21)27-9-16(22)20(14-7-6-11(18)8-13(14)19)28(25,26)15-5-3-2-4-12(15)17(23)24/h4,6-8,15H,2-3,5,9H2,1H3,(H,23,24). The largest absolute Gasteiger partial charge is 0.478 e. The molecule has 8 nitrogen and oxygen atoms in total. The molecule has 1 aromatic rings.